The normalized spacial score (nSPS) is 11.2. The molecule has 0 aliphatic heterocycles. The van der Waals surface area contributed by atoms with E-state index in [-0.39, 0.29) is 0 Å². The molecular formula is C55H39NO. The van der Waals surface area contributed by atoms with E-state index in [4.69, 9.17) is 4.42 Å². The van der Waals surface area contributed by atoms with E-state index in [2.05, 4.69) is 218 Å². The van der Waals surface area contributed by atoms with Crippen LogP contribution in [0.25, 0.3) is 77.6 Å². The van der Waals surface area contributed by atoms with Crippen LogP contribution in [0.5, 0.6) is 0 Å². The summed E-state index contributed by atoms with van der Waals surface area (Å²) in [5.41, 5.74) is 15.9. The summed E-state index contributed by atoms with van der Waals surface area (Å²) >= 11 is 0. The minimum atomic E-state index is 0.914. The van der Waals surface area contributed by atoms with Crippen LogP contribution in [0.15, 0.2) is 223 Å². The van der Waals surface area contributed by atoms with Gasteiger partial charge in [-0.25, -0.2) is 0 Å². The van der Waals surface area contributed by atoms with E-state index in [1.54, 1.807) is 0 Å². The molecule has 0 atom stereocenters. The second-order valence-corrected chi connectivity index (χ2v) is 14.5. The predicted octanol–water partition coefficient (Wildman–Crippen LogP) is 15.7. The van der Waals surface area contributed by atoms with Crippen LogP contribution < -0.4 is 4.90 Å². The van der Waals surface area contributed by atoms with Crippen LogP contribution in [0.3, 0.4) is 0 Å². The van der Waals surface area contributed by atoms with Gasteiger partial charge in [-0.2, -0.15) is 0 Å². The fourth-order valence-electron chi connectivity index (χ4n) is 8.17. The second kappa shape index (κ2) is 14.7. The lowest BCUT2D eigenvalue weighted by Gasteiger charge is -2.28. The molecule has 0 radical (unpaired) electrons. The fraction of sp³-hybridized carbons (Fsp3) is 0.0182. The molecule has 57 heavy (non-hydrogen) atoms. The van der Waals surface area contributed by atoms with Crippen LogP contribution in [-0.4, -0.2) is 0 Å². The monoisotopic (exact) mass is 729 g/mol. The van der Waals surface area contributed by atoms with Gasteiger partial charge in [-0.05, 0) is 99.1 Å². The number of para-hydroxylation sites is 2. The second-order valence-electron chi connectivity index (χ2n) is 14.5. The molecule has 0 N–H and O–H groups in total. The van der Waals surface area contributed by atoms with Gasteiger partial charge in [-0.3, -0.25) is 0 Å². The van der Waals surface area contributed by atoms with Gasteiger partial charge in [0.1, 0.15) is 11.3 Å². The summed E-state index contributed by atoms with van der Waals surface area (Å²) in [5, 5.41) is 3.65. The highest BCUT2D eigenvalue weighted by atomic mass is 16.3. The van der Waals surface area contributed by atoms with Gasteiger partial charge < -0.3 is 9.32 Å². The number of rotatable bonds is 8. The van der Waals surface area contributed by atoms with E-state index >= 15 is 0 Å². The van der Waals surface area contributed by atoms with Crippen molar-refractivity contribution in [3.63, 3.8) is 0 Å². The fourth-order valence-corrected chi connectivity index (χ4v) is 8.17. The van der Waals surface area contributed by atoms with E-state index in [1.165, 1.54) is 33.0 Å². The number of benzene rings is 9. The van der Waals surface area contributed by atoms with Gasteiger partial charge in [-0.1, -0.05) is 176 Å². The lowest BCUT2D eigenvalue weighted by atomic mass is 9.97. The molecule has 1 heterocycles. The summed E-state index contributed by atoms with van der Waals surface area (Å²) in [4.78, 5) is 2.38. The van der Waals surface area contributed by atoms with Crippen molar-refractivity contribution in [1.29, 1.82) is 0 Å². The number of fused-ring (bicyclic) bond motifs is 2. The van der Waals surface area contributed by atoms with Crippen molar-refractivity contribution in [1.82, 2.24) is 0 Å². The van der Waals surface area contributed by atoms with E-state index in [0.29, 0.717) is 0 Å². The van der Waals surface area contributed by atoms with E-state index in [1.807, 2.05) is 12.1 Å². The van der Waals surface area contributed by atoms with Crippen molar-refractivity contribution in [2.75, 3.05) is 4.90 Å². The Hall–Kier alpha value is -7.42. The maximum Gasteiger partial charge on any atom is 0.138 e. The van der Waals surface area contributed by atoms with Crippen molar-refractivity contribution in [2.45, 2.75) is 6.92 Å². The molecule has 0 aliphatic rings. The quantitative estimate of drug-likeness (QED) is 0.155. The highest BCUT2D eigenvalue weighted by Crippen LogP contribution is 2.43. The average Bonchev–Trinajstić information content (AvgIpc) is 3.63. The zero-order valence-corrected chi connectivity index (χ0v) is 31.6. The maximum absolute atomic E-state index is 6.35. The summed E-state index contributed by atoms with van der Waals surface area (Å²) in [6.45, 7) is 2.14. The van der Waals surface area contributed by atoms with Gasteiger partial charge in [0.05, 0.1) is 5.69 Å². The minimum absolute atomic E-state index is 0.914. The molecule has 0 bridgehead atoms. The molecule has 2 heteroatoms. The third kappa shape index (κ3) is 6.48. The lowest BCUT2D eigenvalue weighted by molar-refractivity contribution is 0.629. The largest absolute Gasteiger partial charge is 0.456 e. The van der Waals surface area contributed by atoms with Crippen LogP contribution in [0.4, 0.5) is 17.1 Å². The van der Waals surface area contributed by atoms with Gasteiger partial charge in [0, 0.05) is 33.5 Å². The summed E-state index contributed by atoms with van der Waals surface area (Å²) in [7, 11) is 0. The zero-order chi connectivity index (χ0) is 38.1. The minimum Gasteiger partial charge on any atom is -0.456 e. The van der Waals surface area contributed by atoms with Gasteiger partial charge in [0.25, 0.3) is 0 Å². The van der Waals surface area contributed by atoms with Crippen molar-refractivity contribution < 1.29 is 4.42 Å². The number of hydrogen-bond donors (Lipinski definition) is 0. The van der Waals surface area contributed by atoms with Crippen LogP contribution in [0.1, 0.15) is 5.56 Å². The van der Waals surface area contributed by atoms with Crippen LogP contribution in [-0.2, 0) is 0 Å². The summed E-state index contributed by atoms with van der Waals surface area (Å²) in [6.07, 6.45) is 0. The lowest BCUT2D eigenvalue weighted by Crippen LogP contribution is -2.11. The molecule has 0 unspecified atom stereocenters. The Morgan fingerprint density at radius 2 is 0.842 bits per heavy atom. The Kier molecular flexibility index (Phi) is 8.78. The van der Waals surface area contributed by atoms with E-state index in [9.17, 15) is 0 Å². The Morgan fingerprint density at radius 3 is 1.61 bits per heavy atom. The molecule has 10 aromatic rings. The van der Waals surface area contributed by atoms with Crippen molar-refractivity contribution in [3.05, 3.63) is 224 Å². The van der Waals surface area contributed by atoms with Crippen molar-refractivity contribution >= 4 is 38.8 Å². The smallest absolute Gasteiger partial charge is 0.138 e. The summed E-state index contributed by atoms with van der Waals surface area (Å²) in [5.74, 6) is 0.918. The van der Waals surface area contributed by atoms with E-state index < -0.39 is 0 Å². The number of furan rings is 1. The zero-order valence-electron chi connectivity index (χ0n) is 31.6. The highest BCUT2D eigenvalue weighted by Gasteiger charge is 2.19. The van der Waals surface area contributed by atoms with Gasteiger partial charge in [-0.15, -0.1) is 0 Å². The van der Waals surface area contributed by atoms with Crippen LogP contribution in [0.2, 0.25) is 0 Å². The number of nitrogens with zero attached hydrogens (tertiary/aromatic N) is 1. The average molecular weight is 730 g/mol. The van der Waals surface area contributed by atoms with Gasteiger partial charge in [0.15, 0.2) is 0 Å². The highest BCUT2D eigenvalue weighted by molar-refractivity contribution is 5.97. The Balaban J connectivity index is 1.05. The number of hydrogen-bond acceptors (Lipinski definition) is 2. The molecule has 0 fully saturated rings. The summed E-state index contributed by atoms with van der Waals surface area (Å²) in [6, 6.07) is 78.2. The van der Waals surface area contributed by atoms with Gasteiger partial charge in [0.2, 0.25) is 0 Å². The molecule has 2 nitrogen and oxygen atoms in total. The molecule has 0 saturated heterocycles. The molecule has 1 aromatic heterocycles. The maximum atomic E-state index is 6.35. The predicted molar refractivity (Wildman–Crippen MR) is 240 cm³/mol. The first-order valence-electron chi connectivity index (χ1n) is 19.5. The molecule has 10 rings (SSSR count). The Morgan fingerprint density at radius 1 is 0.351 bits per heavy atom. The standard InChI is InChI=1S/C55H39NO/c1-38-49-19-8-10-24-54(49)57-55(38)46-18-11-17-45(37-46)41-29-33-47(34-30-41)56(48-35-31-43(32-36-48)51-22-12-16-42-15-5-6-20-50(42)51)53-23-9-7-21-52(53)44-27-25-40(26-28-44)39-13-3-2-4-14-39/h2-37H,1H3. The van der Waals surface area contributed by atoms with Gasteiger partial charge >= 0.3 is 0 Å². The molecule has 0 amide bonds. The summed E-state index contributed by atoms with van der Waals surface area (Å²) < 4.78 is 6.35. The molecule has 9 aromatic carbocycles. The number of anilines is 3. The first-order valence-corrected chi connectivity index (χ1v) is 19.5. The molecule has 270 valence electrons. The third-order valence-electron chi connectivity index (χ3n) is 11.1. The number of aryl methyl sites for hydroxylation is 1. The topological polar surface area (TPSA) is 16.4 Å². The SMILES string of the molecule is Cc1c(-c2cccc(-c3ccc(N(c4ccc(-c5cccc6ccccc56)cc4)c4ccccc4-c4ccc(-c5ccccc5)cc4)cc3)c2)oc2ccccc12. The van der Waals surface area contributed by atoms with Crippen molar-refractivity contribution in [3.8, 4) is 55.8 Å². The van der Waals surface area contributed by atoms with Crippen LogP contribution in [0, 0.1) is 6.92 Å². The molecule has 0 aliphatic carbocycles. The van der Waals surface area contributed by atoms with Crippen LogP contribution >= 0.6 is 0 Å². The Labute approximate surface area is 333 Å². The first kappa shape index (κ1) is 34.1. The first-order chi connectivity index (χ1) is 28.2. The molecule has 0 saturated carbocycles. The molecule has 0 spiro atoms. The molecular weight excluding hydrogens is 691 g/mol. The van der Waals surface area contributed by atoms with E-state index in [0.717, 1.165) is 67.2 Å². The van der Waals surface area contributed by atoms with Crippen molar-refractivity contribution in [2.24, 2.45) is 0 Å². The Bertz CT molecular complexity index is 2990. The third-order valence-corrected chi connectivity index (χ3v) is 11.1.